The fourth-order valence-electron chi connectivity index (χ4n) is 4.88. The van der Waals surface area contributed by atoms with Crippen LogP contribution in [-0.2, 0) is 6.42 Å². The molecule has 2 amide bonds. The Labute approximate surface area is 203 Å². The van der Waals surface area contributed by atoms with Gasteiger partial charge in [0.1, 0.15) is 0 Å². The van der Waals surface area contributed by atoms with Gasteiger partial charge in [0.05, 0.1) is 22.5 Å². The van der Waals surface area contributed by atoms with Crippen LogP contribution in [0.2, 0.25) is 0 Å². The molecule has 4 heteroatoms. The van der Waals surface area contributed by atoms with Crippen LogP contribution in [-0.4, -0.2) is 28.2 Å². The smallest absolute Gasteiger partial charge is 0.261 e. The summed E-state index contributed by atoms with van der Waals surface area (Å²) in [4.78, 5) is 32.3. The minimum absolute atomic E-state index is 0.237. The Morgan fingerprint density at radius 3 is 1.71 bits per heavy atom. The van der Waals surface area contributed by atoms with E-state index in [-0.39, 0.29) is 18.4 Å². The van der Waals surface area contributed by atoms with Gasteiger partial charge in [0.2, 0.25) is 0 Å². The summed E-state index contributed by atoms with van der Waals surface area (Å²) in [5.41, 5.74) is 5.92. The maximum atomic E-state index is 12.9. The highest BCUT2D eigenvalue weighted by Crippen LogP contribution is 2.38. The molecule has 0 fully saturated rings. The average molecular weight is 455 g/mol. The molecule has 5 aromatic rings. The lowest BCUT2D eigenvalue weighted by atomic mass is 9.92. The maximum absolute atomic E-state index is 12.9. The average Bonchev–Trinajstić information content (AvgIpc) is 3.17. The number of benzene rings is 4. The lowest BCUT2D eigenvalue weighted by Gasteiger charge is -2.18. The van der Waals surface area contributed by atoms with Crippen molar-refractivity contribution in [2.24, 2.45) is 0 Å². The molecule has 0 N–H and O–H groups in total. The minimum atomic E-state index is -0.237. The normalized spacial score (nSPS) is 12.9. The maximum Gasteiger partial charge on any atom is 0.261 e. The van der Waals surface area contributed by atoms with Crippen LogP contribution in [0.5, 0.6) is 0 Å². The summed E-state index contributed by atoms with van der Waals surface area (Å²) in [5, 5.41) is 2.13. The van der Waals surface area contributed by atoms with E-state index in [0.29, 0.717) is 17.5 Å². The topological polar surface area (TPSA) is 50.3 Å². The van der Waals surface area contributed by atoms with Crippen molar-refractivity contribution in [2.75, 3.05) is 6.54 Å². The van der Waals surface area contributed by atoms with E-state index in [9.17, 15) is 9.59 Å². The molecule has 2 heterocycles. The number of pyridine rings is 1. The number of imide groups is 1. The lowest BCUT2D eigenvalue weighted by Crippen LogP contribution is -2.32. The van der Waals surface area contributed by atoms with Crippen molar-refractivity contribution in [2.45, 2.75) is 6.42 Å². The monoisotopic (exact) mass is 454 g/mol. The fourth-order valence-corrected chi connectivity index (χ4v) is 4.88. The zero-order chi connectivity index (χ0) is 23.8. The second kappa shape index (κ2) is 8.65. The van der Waals surface area contributed by atoms with Crippen molar-refractivity contribution in [3.63, 3.8) is 0 Å². The van der Waals surface area contributed by atoms with Crippen molar-refractivity contribution in [1.29, 1.82) is 0 Å². The standard InChI is InChI=1S/C31H22N2O2/c34-30-25-17-9-10-18-26(25)31(35)33(30)20-19-27-23-15-7-8-16-24(23)28(21-11-3-1-4-12-21)29(32-27)22-13-5-2-6-14-22/h1-18H,19-20H2. The van der Waals surface area contributed by atoms with Gasteiger partial charge < -0.3 is 0 Å². The fraction of sp³-hybridized carbons (Fsp3) is 0.0645. The molecule has 6 rings (SSSR count). The summed E-state index contributed by atoms with van der Waals surface area (Å²) >= 11 is 0. The van der Waals surface area contributed by atoms with E-state index in [1.807, 2.05) is 48.5 Å². The summed E-state index contributed by atoms with van der Waals surface area (Å²) < 4.78 is 0. The van der Waals surface area contributed by atoms with E-state index in [0.717, 1.165) is 38.9 Å². The van der Waals surface area contributed by atoms with Gasteiger partial charge in [-0.05, 0) is 23.1 Å². The van der Waals surface area contributed by atoms with Gasteiger partial charge >= 0.3 is 0 Å². The van der Waals surface area contributed by atoms with Gasteiger partial charge in [-0.2, -0.15) is 0 Å². The van der Waals surface area contributed by atoms with Crippen molar-refractivity contribution in [1.82, 2.24) is 9.88 Å². The molecular formula is C31H22N2O2. The molecule has 1 aliphatic heterocycles. The number of fused-ring (bicyclic) bond motifs is 2. The second-order valence-corrected chi connectivity index (χ2v) is 8.62. The van der Waals surface area contributed by atoms with Crippen LogP contribution in [0.3, 0.4) is 0 Å². The molecule has 0 spiro atoms. The third-order valence-electron chi connectivity index (χ3n) is 6.55. The van der Waals surface area contributed by atoms with E-state index in [2.05, 4.69) is 36.4 Å². The summed E-state index contributed by atoms with van der Waals surface area (Å²) in [6.45, 7) is 0.280. The van der Waals surface area contributed by atoms with Crippen molar-refractivity contribution < 1.29 is 9.59 Å². The van der Waals surface area contributed by atoms with Gasteiger partial charge in [0.25, 0.3) is 11.8 Å². The van der Waals surface area contributed by atoms with Crippen molar-refractivity contribution >= 4 is 22.6 Å². The Morgan fingerprint density at radius 2 is 1.09 bits per heavy atom. The third-order valence-corrected chi connectivity index (χ3v) is 6.55. The molecular weight excluding hydrogens is 432 g/mol. The molecule has 0 radical (unpaired) electrons. The Balaban J connectivity index is 1.47. The van der Waals surface area contributed by atoms with Gasteiger partial charge in [-0.1, -0.05) is 97.1 Å². The SMILES string of the molecule is O=C1c2ccccc2C(=O)N1CCc1nc(-c2ccccc2)c(-c2ccccc2)c2ccccc12. The highest BCUT2D eigenvalue weighted by Gasteiger charge is 2.34. The number of hydrogen-bond acceptors (Lipinski definition) is 3. The Morgan fingerprint density at radius 1 is 0.571 bits per heavy atom. The Hall–Kier alpha value is -4.57. The van der Waals surface area contributed by atoms with Gasteiger partial charge in [0, 0.05) is 29.5 Å². The molecule has 0 unspecified atom stereocenters. The van der Waals surface area contributed by atoms with E-state index < -0.39 is 0 Å². The quantitative estimate of drug-likeness (QED) is 0.289. The van der Waals surface area contributed by atoms with Crippen LogP contribution >= 0.6 is 0 Å². The molecule has 4 nitrogen and oxygen atoms in total. The molecule has 1 aromatic heterocycles. The van der Waals surface area contributed by atoms with Crippen LogP contribution < -0.4 is 0 Å². The van der Waals surface area contributed by atoms with E-state index in [4.69, 9.17) is 4.98 Å². The van der Waals surface area contributed by atoms with Crippen LogP contribution in [0.15, 0.2) is 109 Å². The van der Waals surface area contributed by atoms with Crippen LogP contribution in [0.1, 0.15) is 26.4 Å². The predicted octanol–water partition coefficient (Wildman–Crippen LogP) is 6.41. The summed E-state index contributed by atoms with van der Waals surface area (Å²) in [5.74, 6) is -0.474. The molecule has 0 saturated carbocycles. The van der Waals surface area contributed by atoms with Crippen molar-refractivity contribution in [3.8, 4) is 22.4 Å². The van der Waals surface area contributed by atoms with E-state index in [1.54, 1.807) is 24.3 Å². The van der Waals surface area contributed by atoms with Gasteiger partial charge in [-0.3, -0.25) is 19.5 Å². The third kappa shape index (κ3) is 3.60. The summed E-state index contributed by atoms with van der Waals surface area (Å²) in [7, 11) is 0. The van der Waals surface area contributed by atoms with Crippen molar-refractivity contribution in [3.05, 3.63) is 126 Å². The number of carbonyl (C=O) groups excluding carboxylic acids is 2. The molecule has 35 heavy (non-hydrogen) atoms. The number of nitrogens with zero attached hydrogens (tertiary/aromatic N) is 2. The zero-order valence-corrected chi connectivity index (χ0v) is 19.0. The van der Waals surface area contributed by atoms with Crippen LogP contribution in [0, 0.1) is 0 Å². The number of carbonyl (C=O) groups is 2. The zero-order valence-electron chi connectivity index (χ0n) is 19.0. The molecule has 0 atom stereocenters. The molecule has 168 valence electrons. The largest absolute Gasteiger partial charge is 0.274 e. The first-order chi connectivity index (χ1) is 17.2. The molecule has 0 bridgehead atoms. The first-order valence-electron chi connectivity index (χ1n) is 11.7. The number of rotatable bonds is 5. The molecule has 4 aromatic carbocycles. The Kier molecular flexibility index (Phi) is 5.19. The van der Waals surface area contributed by atoms with Gasteiger partial charge in [-0.15, -0.1) is 0 Å². The van der Waals surface area contributed by atoms with E-state index in [1.165, 1.54) is 4.90 Å². The minimum Gasteiger partial charge on any atom is -0.274 e. The van der Waals surface area contributed by atoms with Gasteiger partial charge in [-0.25, -0.2) is 0 Å². The first-order valence-corrected chi connectivity index (χ1v) is 11.7. The summed E-state index contributed by atoms with van der Waals surface area (Å²) in [6, 6.07) is 35.7. The molecule has 1 aliphatic rings. The number of aromatic nitrogens is 1. The summed E-state index contributed by atoms with van der Waals surface area (Å²) in [6.07, 6.45) is 0.473. The Bertz CT molecular complexity index is 1540. The first kappa shape index (κ1) is 21.0. The number of hydrogen-bond donors (Lipinski definition) is 0. The highest BCUT2D eigenvalue weighted by molar-refractivity contribution is 6.21. The highest BCUT2D eigenvalue weighted by atomic mass is 16.2. The van der Waals surface area contributed by atoms with Crippen LogP contribution in [0.25, 0.3) is 33.2 Å². The molecule has 0 saturated heterocycles. The number of amides is 2. The molecule has 0 aliphatic carbocycles. The van der Waals surface area contributed by atoms with Gasteiger partial charge in [0.15, 0.2) is 0 Å². The lowest BCUT2D eigenvalue weighted by molar-refractivity contribution is 0.0656. The van der Waals surface area contributed by atoms with E-state index >= 15 is 0 Å². The predicted molar refractivity (Wildman–Crippen MR) is 138 cm³/mol. The second-order valence-electron chi connectivity index (χ2n) is 8.62. The van der Waals surface area contributed by atoms with Crippen LogP contribution in [0.4, 0.5) is 0 Å².